The van der Waals surface area contributed by atoms with E-state index in [-0.39, 0.29) is 17.8 Å². The van der Waals surface area contributed by atoms with Crippen LogP contribution in [0.2, 0.25) is 0 Å². The van der Waals surface area contributed by atoms with Gasteiger partial charge in [0.05, 0.1) is 18.6 Å². The quantitative estimate of drug-likeness (QED) is 0.267. The molecule has 2 aromatic carbocycles. The Labute approximate surface area is 187 Å². The van der Waals surface area contributed by atoms with E-state index < -0.39 is 5.97 Å². The minimum absolute atomic E-state index is 0.0759. The predicted molar refractivity (Wildman–Crippen MR) is 125 cm³/mol. The normalized spacial score (nSPS) is 11.3. The maximum absolute atomic E-state index is 12.8. The Hall–Kier alpha value is -2.62. The standard InChI is InChI=1S/C27H36O4/c1-7-9-15-30-24(28)18-22-17-23(27(4,5)6)16-19(3)25(22)31-26(29)21-13-11-20(10-8-2)12-14-21/h11-14,16-17H,7-10,15,18H2,1-6H3. The van der Waals surface area contributed by atoms with E-state index in [0.717, 1.165) is 36.8 Å². The van der Waals surface area contributed by atoms with E-state index in [4.69, 9.17) is 9.47 Å². The average Bonchev–Trinajstić information content (AvgIpc) is 2.70. The lowest BCUT2D eigenvalue weighted by Gasteiger charge is -2.23. The molecule has 0 bridgehead atoms. The molecule has 0 aliphatic carbocycles. The largest absolute Gasteiger partial charge is 0.465 e. The molecular weight excluding hydrogens is 388 g/mol. The second-order valence-electron chi connectivity index (χ2n) is 9.12. The zero-order valence-electron chi connectivity index (χ0n) is 19.8. The lowest BCUT2D eigenvalue weighted by molar-refractivity contribution is -0.142. The fourth-order valence-corrected chi connectivity index (χ4v) is 3.34. The van der Waals surface area contributed by atoms with Crippen molar-refractivity contribution in [3.63, 3.8) is 0 Å². The number of hydrogen-bond acceptors (Lipinski definition) is 4. The van der Waals surface area contributed by atoms with Crippen molar-refractivity contribution in [1.82, 2.24) is 0 Å². The monoisotopic (exact) mass is 424 g/mol. The first kappa shape index (κ1) is 24.6. The number of esters is 2. The Balaban J connectivity index is 2.31. The molecule has 31 heavy (non-hydrogen) atoms. The lowest BCUT2D eigenvalue weighted by atomic mass is 9.84. The molecular formula is C27H36O4. The zero-order chi connectivity index (χ0) is 23.0. The van der Waals surface area contributed by atoms with Crippen molar-refractivity contribution in [1.29, 1.82) is 0 Å². The van der Waals surface area contributed by atoms with E-state index in [0.29, 0.717) is 23.5 Å². The maximum Gasteiger partial charge on any atom is 0.343 e. The third-order valence-corrected chi connectivity index (χ3v) is 5.24. The summed E-state index contributed by atoms with van der Waals surface area (Å²) >= 11 is 0. The SMILES string of the molecule is CCCCOC(=O)Cc1cc(C(C)(C)C)cc(C)c1OC(=O)c1ccc(CCC)cc1. The second kappa shape index (κ2) is 11.1. The highest BCUT2D eigenvalue weighted by atomic mass is 16.5. The Morgan fingerprint density at radius 3 is 2.23 bits per heavy atom. The maximum atomic E-state index is 12.8. The molecule has 0 spiro atoms. The van der Waals surface area contributed by atoms with E-state index in [2.05, 4.69) is 34.6 Å². The van der Waals surface area contributed by atoms with Crippen molar-refractivity contribution in [3.8, 4) is 5.75 Å². The molecule has 2 aromatic rings. The number of rotatable bonds is 9. The summed E-state index contributed by atoms with van der Waals surface area (Å²) in [7, 11) is 0. The molecule has 4 nitrogen and oxygen atoms in total. The van der Waals surface area contributed by atoms with Gasteiger partial charge in [-0.15, -0.1) is 0 Å². The second-order valence-corrected chi connectivity index (χ2v) is 9.12. The van der Waals surface area contributed by atoms with Crippen molar-refractivity contribution in [2.45, 2.75) is 79.1 Å². The molecule has 0 saturated heterocycles. The molecule has 0 heterocycles. The van der Waals surface area contributed by atoms with Gasteiger partial charge < -0.3 is 9.47 Å². The van der Waals surface area contributed by atoms with Crippen molar-refractivity contribution < 1.29 is 19.1 Å². The summed E-state index contributed by atoms with van der Waals surface area (Å²) < 4.78 is 11.2. The van der Waals surface area contributed by atoms with Crippen LogP contribution >= 0.6 is 0 Å². The van der Waals surface area contributed by atoms with Crippen LogP contribution in [0, 0.1) is 6.92 Å². The van der Waals surface area contributed by atoms with Crippen molar-refractivity contribution >= 4 is 11.9 Å². The summed E-state index contributed by atoms with van der Waals surface area (Å²) in [5.74, 6) is -0.279. The zero-order valence-corrected chi connectivity index (χ0v) is 19.8. The number of unbranched alkanes of at least 4 members (excludes halogenated alkanes) is 1. The number of ether oxygens (including phenoxy) is 2. The van der Waals surface area contributed by atoms with Crippen LogP contribution in [-0.4, -0.2) is 18.5 Å². The molecule has 168 valence electrons. The summed E-state index contributed by atoms with van der Waals surface area (Å²) in [5, 5.41) is 0. The molecule has 0 fully saturated rings. The summed E-state index contributed by atoms with van der Waals surface area (Å²) in [6.45, 7) is 12.9. The number of carbonyl (C=O) groups excluding carboxylic acids is 2. The minimum Gasteiger partial charge on any atom is -0.465 e. The Bertz CT molecular complexity index is 889. The van der Waals surface area contributed by atoms with E-state index in [1.165, 1.54) is 5.56 Å². The first-order valence-electron chi connectivity index (χ1n) is 11.3. The van der Waals surface area contributed by atoms with Crippen LogP contribution in [0.25, 0.3) is 0 Å². The molecule has 0 saturated carbocycles. The lowest BCUT2D eigenvalue weighted by Crippen LogP contribution is -2.17. The molecule has 0 unspecified atom stereocenters. The Morgan fingerprint density at radius 1 is 0.968 bits per heavy atom. The van der Waals surface area contributed by atoms with Gasteiger partial charge in [0.2, 0.25) is 0 Å². The first-order valence-corrected chi connectivity index (χ1v) is 11.3. The van der Waals surface area contributed by atoms with Gasteiger partial charge in [0, 0.05) is 5.56 Å². The summed E-state index contributed by atoms with van der Waals surface area (Å²) in [5.41, 5.74) is 4.20. The fourth-order valence-electron chi connectivity index (χ4n) is 3.34. The predicted octanol–water partition coefficient (Wildman–Crippen LogP) is 6.35. The highest BCUT2D eigenvalue weighted by molar-refractivity contribution is 5.91. The van der Waals surface area contributed by atoms with Gasteiger partial charge in [-0.2, -0.15) is 0 Å². The van der Waals surface area contributed by atoms with Gasteiger partial charge in [-0.3, -0.25) is 4.79 Å². The van der Waals surface area contributed by atoms with Crippen LogP contribution in [0.1, 0.15) is 86.5 Å². The molecule has 2 rings (SSSR count). The number of carbonyl (C=O) groups is 2. The van der Waals surface area contributed by atoms with Gasteiger partial charge in [0.1, 0.15) is 5.75 Å². The van der Waals surface area contributed by atoms with Gasteiger partial charge >= 0.3 is 11.9 Å². The van der Waals surface area contributed by atoms with E-state index >= 15 is 0 Å². The summed E-state index contributed by atoms with van der Waals surface area (Å²) in [6.07, 6.45) is 3.91. The average molecular weight is 425 g/mol. The molecule has 0 aliphatic heterocycles. The topological polar surface area (TPSA) is 52.6 Å². The van der Waals surface area contributed by atoms with Gasteiger partial charge in [0.25, 0.3) is 0 Å². The third kappa shape index (κ3) is 7.23. The molecule has 0 aromatic heterocycles. The van der Waals surface area contributed by atoms with Crippen LogP contribution in [0.5, 0.6) is 5.75 Å². The molecule has 4 heteroatoms. The molecule has 0 N–H and O–H groups in total. The highest BCUT2D eigenvalue weighted by Crippen LogP contribution is 2.32. The van der Waals surface area contributed by atoms with Crippen LogP contribution in [0.4, 0.5) is 0 Å². The number of aryl methyl sites for hydroxylation is 2. The van der Waals surface area contributed by atoms with Gasteiger partial charge in [-0.25, -0.2) is 4.79 Å². The Morgan fingerprint density at radius 2 is 1.65 bits per heavy atom. The highest BCUT2D eigenvalue weighted by Gasteiger charge is 2.22. The Kier molecular flexibility index (Phi) is 8.85. The van der Waals surface area contributed by atoms with Gasteiger partial charge in [-0.05, 0) is 54.0 Å². The smallest absolute Gasteiger partial charge is 0.343 e. The molecule has 0 atom stereocenters. The van der Waals surface area contributed by atoms with Crippen LogP contribution in [-0.2, 0) is 27.8 Å². The molecule has 0 aliphatic rings. The number of benzene rings is 2. The van der Waals surface area contributed by atoms with Crippen LogP contribution in [0.15, 0.2) is 36.4 Å². The van der Waals surface area contributed by atoms with Crippen molar-refractivity contribution in [2.75, 3.05) is 6.61 Å². The van der Waals surface area contributed by atoms with E-state index in [1.807, 2.05) is 31.2 Å². The summed E-state index contributed by atoms with van der Waals surface area (Å²) in [6, 6.07) is 11.5. The van der Waals surface area contributed by atoms with Crippen molar-refractivity contribution in [3.05, 3.63) is 64.2 Å². The molecule has 0 radical (unpaired) electrons. The van der Waals surface area contributed by atoms with Gasteiger partial charge in [-0.1, -0.05) is 71.7 Å². The fraction of sp³-hybridized carbons (Fsp3) is 0.481. The first-order chi connectivity index (χ1) is 14.7. The summed E-state index contributed by atoms with van der Waals surface area (Å²) in [4.78, 5) is 25.2. The molecule has 0 amide bonds. The van der Waals surface area contributed by atoms with E-state index in [9.17, 15) is 9.59 Å². The van der Waals surface area contributed by atoms with Crippen molar-refractivity contribution in [2.24, 2.45) is 0 Å². The van der Waals surface area contributed by atoms with Crippen LogP contribution in [0.3, 0.4) is 0 Å². The van der Waals surface area contributed by atoms with E-state index in [1.54, 1.807) is 12.1 Å². The number of hydrogen-bond donors (Lipinski definition) is 0. The van der Waals surface area contributed by atoms with Crippen LogP contribution < -0.4 is 4.74 Å². The van der Waals surface area contributed by atoms with Gasteiger partial charge in [0.15, 0.2) is 0 Å². The third-order valence-electron chi connectivity index (χ3n) is 5.24. The minimum atomic E-state index is -0.421.